The first-order chi connectivity index (χ1) is 10.7. The molecule has 1 aliphatic rings. The van der Waals surface area contributed by atoms with E-state index < -0.39 is 6.10 Å². The third-order valence-corrected chi connectivity index (χ3v) is 3.73. The summed E-state index contributed by atoms with van der Waals surface area (Å²) in [6.45, 7) is 3.19. The van der Waals surface area contributed by atoms with Crippen LogP contribution in [0.4, 0.5) is 4.79 Å². The molecule has 1 heterocycles. The molecule has 0 spiro atoms. The van der Waals surface area contributed by atoms with Crippen molar-refractivity contribution in [1.29, 1.82) is 0 Å². The molecule has 0 aromatic heterocycles. The normalized spacial score (nSPS) is 17.8. The van der Waals surface area contributed by atoms with Crippen LogP contribution in [0.3, 0.4) is 0 Å². The fraction of sp³-hybridized carbons (Fsp3) is 0.562. The highest BCUT2D eigenvalue weighted by Gasteiger charge is 2.21. The number of ether oxygens (including phenoxy) is 1. The van der Waals surface area contributed by atoms with Gasteiger partial charge in [0.25, 0.3) is 0 Å². The van der Waals surface area contributed by atoms with Crippen LogP contribution >= 0.6 is 0 Å². The summed E-state index contributed by atoms with van der Waals surface area (Å²) in [6, 6.07) is 9.61. The molecule has 1 fully saturated rings. The molecular formula is C16H24N2O4. The standard InChI is InChI=1S/C16H24N2O4/c19-12-15(20)11-17-7-4-8-18(10-9-17)16(21)22-13-14-5-2-1-3-6-14/h1-3,5-6,15,19-20H,4,7-13H2. The van der Waals surface area contributed by atoms with Gasteiger partial charge in [-0.15, -0.1) is 0 Å². The zero-order valence-corrected chi connectivity index (χ0v) is 12.7. The minimum absolute atomic E-state index is 0.237. The lowest BCUT2D eigenvalue weighted by Gasteiger charge is -2.23. The second-order valence-corrected chi connectivity index (χ2v) is 5.52. The molecule has 0 aliphatic carbocycles. The average molecular weight is 308 g/mol. The first-order valence-electron chi connectivity index (χ1n) is 7.66. The molecule has 1 unspecified atom stereocenters. The molecule has 1 aromatic rings. The molecule has 0 radical (unpaired) electrons. The van der Waals surface area contributed by atoms with Gasteiger partial charge in [0, 0.05) is 32.7 Å². The number of rotatable bonds is 5. The molecule has 1 aliphatic heterocycles. The maximum absolute atomic E-state index is 12.1. The summed E-state index contributed by atoms with van der Waals surface area (Å²) in [4.78, 5) is 15.9. The quantitative estimate of drug-likeness (QED) is 0.837. The van der Waals surface area contributed by atoms with Crippen LogP contribution < -0.4 is 0 Å². The van der Waals surface area contributed by atoms with Gasteiger partial charge in [-0.1, -0.05) is 30.3 Å². The number of amides is 1. The summed E-state index contributed by atoms with van der Waals surface area (Å²) < 4.78 is 5.34. The van der Waals surface area contributed by atoms with E-state index in [4.69, 9.17) is 9.84 Å². The summed E-state index contributed by atoms with van der Waals surface area (Å²) in [5.41, 5.74) is 0.971. The Bertz CT molecular complexity index is 455. The summed E-state index contributed by atoms with van der Waals surface area (Å²) in [6.07, 6.45) is -0.191. The van der Waals surface area contributed by atoms with Gasteiger partial charge >= 0.3 is 6.09 Å². The summed E-state index contributed by atoms with van der Waals surface area (Å²) in [5, 5.41) is 18.4. The van der Waals surface area contributed by atoms with E-state index in [1.54, 1.807) is 4.90 Å². The maximum Gasteiger partial charge on any atom is 0.410 e. The first-order valence-corrected chi connectivity index (χ1v) is 7.66. The highest BCUT2D eigenvalue weighted by atomic mass is 16.6. The molecule has 122 valence electrons. The predicted octanol–water partition coefficient (Wildman–Crippen LogP) is 0.684. The Morgan fingerprint density at radius 1 is 1.18 bits per heavy atom. The van der Waals surface area contributed by atoms with Crippen LogP contribution in [-0.4, -0.2) is 71.5 Å². The Morgan fingerprint density at radius 3 is 2.68 bits per heavy atom. The molecule has 0 saturated carbocycles. The van der Waals surface area contributed by atoms with E-state index in [1.807, 2.05) is 30.3 Å². The third kappa shape index (κ3) is 5.29. The van der Waals surface area contributed by atoms with Gasteiger partial charge in [0.05, 0.1) is 12.7 Å². The number of benzene rings is 1. The van der Waals surface area contributed by atoms with Crippen molar-refractivity contribution in [2.24, 2.45) is 0 Å². The summed E-state index contributed by atoms with van der Waals surface area (Å²) in [7, 11) is 0. The number of hydrogen-bond acceptors (Lipinski definition) is 5. The van der Waals surface area contributed by atoms with Crippen molar-refractivity contribution in [3.05, 3.63) is 35.9 Å². The first kappa shape index (κ1) is 16.7. The lowest BCUT2D eigenvalue weighted by molar-refractivity contribution is 0.0595. The number of carbonyl (C=O) groups is 1. The van der Waals surface area contributed by atoms with Crippen LogP contribution in [0.5, 0.6) is 0 Å². The lowest BCUT2D eigenvalue weighted by atomic mass is 10.2. The van der Waals surface area contributed by atoms with Crippen molar-refractivity contribution in [1.82, 2.24) is 9.80 Å². The highest BCUT2D eigenvalue weighted by Crippen LogP contribution is 2.08. The van der Waals surface area contributed by atoms with E-state index in [9.17, 15) is 9.90 Å². The Balaban J connectivity index is 1.76. The molecule has 1 saturated heterocycles. The van der Waals surface area contributed by atoms with Gasteiger partial charge in [0.1, 0.15) is 6.61 Å². The fourth-order valence-corrected chi connectivity index (χ4v) is 2.50. The summed E-state index contributed by atoms with van der Waals surface area (Å²) >= 11 is 0. The zero-order valence-electron chi connectivity index (χ0n) is 12.7. The molecule has 2 N–H and O–H groups in total. The van der Waals surface area contributed by atoms with Crippen LogP contribution in [0.25, 0.3) is 0 Å². The van der Waals surface area contributed by atoms with E-state index in [2.05, 4.69) is 4.90 Å². The van der Waals surface area contributed by atoms with Gasteiger partial charge in [-0.2, -0.15) is 0 Å². The molecular weight excluding hydrogens is 284 g/mol. The number of nitrogens with zero attached hydrogens (tertiary/aromatic N) is 2. The third-order valence-electron chi connectivity index (χ3n) is 3.73. The average Bonchev–Trinajstić information content (AvgIpc) is 2.79. The van der Waals surface area contributed by atoms with Gasteiger partial charge < -0.3 is 19.8 Å². The Morgan fingerprint density at radius 2 is 1.95 bits per heavy atom. The maximum atomic E-state index is 12.1. The van der Waals surface area contributed by atoms with Crippen LogP contribution in [0.1, 0.15) is 12.0 Å². The second-order valence-electron chi connectivity index (χ2n) is 5.52. The van der Waals surface area contributed by atoms with Crippen LogP contribution in [0.15, 0.2) is 30.3 Å². The number of hydrogen-bond donors (Lipinski definition) is 2. The SMILES string of the molecule is O=C(OCc1ccccc1)N1CCCN(CC(O)CO)CC1. The van der Waals surface area contributed by atoms with Crippen molar-refractivity contribution in [3.8, 4) is 0 Å². The van der Waals surface area contributed by atoms with Crippen molar-refractivity contribution in [2.75, 3.05) is 39.3 Å². The summed E-state index contributed by atoms with van der Waals surface area (Å²) in [5.74, 6) is 0. The number of aliphatic hydroxyl groups excluding tert-OH is 2. The number of aliphatic hydroxyl groups is 2. The topological polar surface area (TPSA) is 73.2 Å². The Labute approximate surface area is 130 Å². The number of β-amino-alcohol motifs (C(OH)–C–C–N with tert-alkyl or cyclic N) is 1. The Hall–Kier alpha value is -1.63. The smallest absolute Gasteiger partial charge is 0.410 e. The van der Waals surface area contributed by atoms with E-state index in [0.717, 1.165) is 18.5 Å². The highest BCUT2D eigenvalue weighted by molar-refractivity contribution is 5.67. The minimum atomic E-state index is -0.725. The van der Waals surface area contributed by atoms with Gasteiger partial charge in [-0.25, -0.2) is 4.79 Å². The van der Waals surface area contributed by atoms with Crippen molar-refractivity contribution in [3.63, 3.8) is 0 Å². The van der Waals surface area contributed by atoms with Crippen LogP contribution in [0, 0.1) is 0 Å². The zero-order chi connectivity index (χ0) is 15.8. The van der Waals surface area contributed by atoms with Gasteiger partial charge in [-0.3, -0.25) is 4.90 Å². The minimum Gasteiger partial charge on any atom is -0.445 e. The van der Waals surface area contributed by atoms with E-state index in [-0.39, 0.29) is 19.3 Å². The molecule has 1 aromatic carbocycles. The number of carbonyl (C=O) groups excluding carboxylic acids is 1. The van der Waals surface area contributed by atoms with Gasteiger partial charge in [0.15, 0.2) is 0 Å². The van der Waals surface area contributed by atoms with Crippen LogP contribution in [-0.2, 0) is 11.3 Å². The molecule has 6 nitrogen and oxygen atoms in total. The van der Waals surface area contributed by atoms with E-state index in [0.29, 0.717) is 26.2 Å². The Kier molecular flexibility index (Phi) is 6.64. The monoisotopic (exact) mass is 308 g/mol. The van der Waals surface area contributed by atoms with Crippen molar-refractivity contribution in [2.45, 2.75) is 19.1 Å². The molecule has 6 heteroatoms. The van der Waals surface area contributed by atoms with Crippen molar-refractivity contribution >= 4 is 6.09 Å². The largest absolute Gasteiger partial charge is 0.445 e. The molecule has 0 bridgehead atoms. The van der Waals surface area contributed by atoms with Gasteiger partial charge in [-0.05, 0) is 12.0 Å². The van der Waals surface area contributed by atoms with E-state index in [1.165, 1.54) is 0 Å². The molecule has 1 amide bonds. The molecule has 22 heavy (non-hydrogen) atoms. The second kappa shape index (κ2) is 8.73. The lowest BCUT2D eigenvalue weighted by Crippen LogP contribution is -2.38. The van der Waals surface area contributed by atoms with Crippen LogP contribution in [0.2, 0.25) is 0 Å². The van der Waals surface area contributed by atoms with E-state index >= 15 is 0 Å². The predicted molar refractivity (Wildman–Crippen MR) is 82.3 cm³/mol. The van der Waals surface area contributed by atoms with Gasteiger partial charge in [0.2, 0.25) is 0 Å². The fourth-order valence-electron chi connectivity index (χ4n) is 2.50. The van der Waals surface area contributed by atoms with Crippen molar-refractivity contribution < 1.29 is 19.7 Å². The molecule has 2 rings (SSSR count). The molecule has 1 atom stereocenters.